The molecule has 0 saturated carbocycles. The van der Waals surface area contributed by atoms with E-state index in [9.17, 15) is 0 Å². The van der Waals surface area contributed by atoms with Gasteiger partial charge in [-0.05, 0) is 30.3 Å². The Kier molecular flexibility index (Phi) is 3.97. The molecule has 3 aromatic rings. The molecule has 6 heteroatoms. The van der Waals surface area contributed by atoms with E-state index in [-0.39, 0.29) is 0 Å². The summed E-state index contributed by atoms with van der Waals surface area (Å²) < 4.78 is 6.64. The Morgan fingerprint density at radius 1 is 0.955 bits per heavy atom. The van der Waals surface area contributed by atoms with E-state index < -0.39 is 0 Å². The van der Waals surface area contributed by atoms with Crippen LogP contribution in [0.3, 0.4) is 0 Å². The molecule has 0 saturated heterocycles. The van der Waals surface area contributed by atoms with Crippen molar-refractivity contribution in [1.29, 1.82) is 10.5 Å². The van der Waals surface area contributed by atoms with Crippen LogP contribution in [0, 0.1) is 22.7 Å². The van der Waals surface area contributed by atoms with E-state index in [1.54, 1.807) is 24.4 Å². The van der Waals surface area contributed by atoms with Crippen molar-refractivity contribution in [2.24, 2.45) is 0 Å². The van der Waals surface area contributed by atoms with Crippen molar-refractivity contribution >= 4 is 22.9 Å². The van der Waals surface area contributed by atoms with Gasteiger partial charge in [0.1, 0.15) is 12.1 Å². The van der Waals surface area contributed by atoms with Crippen molar-refractivity contribution in [3.05, 3.63) is 65.9 Å². The van der Waals surface area contributed by atoms with Crippen LogP contribution in [0.25, 0.3) is 10.9 Å². The lowest BCUT2D eigenvalue weighted by Crippen LogP contribution is -2.06. The van der Waals surface area contributed by atoms with Crippen molar-refractivity contribution in [3.8, 4) is 12.1 Å². The standard InChI is InChI=1S/C16H9N3O2S/c17-10-13-5-6-15(9-14(13)11-18)22-21-20-19-8-7-12-3-1-2-4-16(12)19/h1-9H. The van der Waals surface area contributed by atoms with Crippen LogP contribution in [-0.2, 0) is 4.33 Å². The molecule has 3 rings (SSSR count). The normalized spacial score (nSPS) is 10.1. The summed E-state index contributed by atoms with van der Waals surface area (Å²) in [6, 6.07) is 18.5. The molecule has 0 unspecified atom stereocenters. The third-order valence-corrected chi connectivity index (χ3v) is 3.61. The third-order valence-electron chi connectivity index (χ3n) is 3.04. The molecule has 0 bridgehead atoms. The molecule has 0 N–H and O–H groups in total. The number of hydrogen-bond acceptors (Lipinski definition) is 5. The topological polar surface area (TPSA) is 71.0 Å². The molecule has 0 radical (unpaired) electrons. The minimum absolute atomic E-state index is 0.308. The molecule has 0 spiro atoms. The third kappa shape index (κ3) is 2.75. The summed E-state index contributed by atoms with van der Waals surface area (Å²) in [6.45, 7) is 0. The van der Waals surface area contributed by atoms with Gasteiger partial charge in [-0.3, -0.25) is 0 Å². The second-order valence-corrected chi connectivity index (χ2v) is 5.13. The van der Waals surface area contributed by atoms with E-state index in [1.807, 2.05) is 42.5 Å². The van der Waals surface area contributed by atoms with Gasteiger partial charge in [0.2, 0.25) is 0 Å². The van der Waals surface area contributed by atoms with Crippen LogP contribution in [0.2, 0.25) is 0 Å². The van der Waals surface area contributed by atoms with Crippen LogP contribution in [0.15, 0.2) is 59.6 Å². The first-order chi connectivity index (χ1) is 10.8. The fourth-order valence-corrected chi connectivity index (χ4v) is 2.44. The molecule has 5 nitrogen and oxygen atoms in total. The lowest BCUT2D eigenvalue weighted by molar-refractivity contribution is -0.188. The maximum atomic E-state index is 8.98. The van der Waals surface area contributed by atoms with Crippen LogP contribution >= 0.6 is 12.0 Å². The average Bonchev–Trinajstić information content (AvgIpc) is 2.98. The summed E-state index contributed by atoms with van der Waals surface area (Å²) >= 11 is 0.972. The van der Waals surface area contributed by atoms with Crippen molar-refractivity contribution in [2.45, 2.75) is 4.90 Å². The fraction of sp³-hybridized carbons (Fsp3) is 0. The number of aromatic nitrogens is 1. The molecule has 1 heterocycles. The summed E-state index contributed by atoms with van der Waals surface area (Å²) in [7, 11) is 0. The summed E-state index contributed by atoms with van der Waals surface area (Å²) in [5.74, 6) is 0. The summed E-state index contributed by atoms with van der Waals surface area (Å²) in [4.78, 5) is 5.90. The van der Waals surface area contributed by atoms with E-state index in [2.05, 4.69) is 0 Å². The van der Waals surface area contributed by atoms with Crippen LogP contribution in [-0.4, -0.2) is 4.73 Å². The highest BCUT2D eigenvalue weighted by atomic mass is 32.2. The van der Waals surface area contributed by atoms with Crippen molar-refractivity contribution in [1.82, 2.24) is 4.73 Å². The summed E-state index contributed by atoms with van der Waals surface area (Å²) in [6.07, 6.45) is 1.75. The lowest BCUT2D eigenvalue weighted by atomic mass is 10.1. The Morgan fingerprint density at radius 2 is 1.77 bits per heavy atom. The molecule has 0 atom stereocenters. The van der Waals surface area contributed by atoms with Crippen LogP contribution < -0.4 is 4.99 Å². The van der Waals surface area contributed by atoms with Crippen molar-refractivity contribution in [3.63, 3.8) is 0 Å². The van der Waals surface area contributed by atoms with E-state index in [1.165, 1.54) is 4.73 Å². The van der Waals surface area contributed by atoms with Gasteiger partial charge in [0.05, 0.1) is 28.7 Å². The highest BCUT2D eigenvalue weighted by molar-refractivity contribution is 7.94. The van der Waals surface area contributed by atoms with Gasteiger partial charge in [-0.1, -0.05) is 22.5 Å². The van der Waals surface area contributed by atoms with Crippen LogP contribution in [0.1, 0.15) is 11.1 Å². The molecule has 1 aromatic heterocycles. The zero-order chi connectivity index (χ0) is 15.4. The fourth-order valence-electron chi connectivity index (χ4n) is 1.97. The molecule has 0 aliphatic carbocycles. The summed E-state index contributed by atoms with van der Waals surface area (Å²) in [5.41, 5.74) is 1.53. The molecular formula is C16H9N3O2S. The largest absolute Gasteiger partial charge is 0.227 e. The van der Waals surface area contributed by atoms with Gasteiger partial charge in [-0.15, -0.1) is 0 Å². The molecular weight excluding hydrogens is 298 g/mol. The Morgan fingerprint density at radius 3 is 2.59 bits per heavy atom. The Hall–Kier alpha value is -2.93. The van der Waals surface area contributed by atoms with Gasteiger partial charge < -0.3 is 0 Å². The Balaban J connectivity index is 1.69. The highest BCUT2D eigenvalue weighted by Gasteiger charge is 2.06. The van der Waals surface area contributed by atoms with E-state index in [0.29, 0.717) is 16.0 Å². The average molecular weight is 307 g/mol. The number of fused-ring (bicyclic) bond motifs is 1. The van der Waals surface area contributed by atoms with Gasteiger partial charge in [-0.2, -0.15) is 15.3 Å². The minimum Gasteiger partial charge on any atom is -0.227 e. The molecule has 0 aliphatic rings. The zero-order valence-corrected chi connectivity index (χ0v) is 12.1. The number of hydrogen-bond donors (Lipinski definition) is 0. The number of para-hydroxylation sites is 1. The predicted octanol–water partition coefficient (Wildman–Crippen LogP) is 3.45. The lowest BCUT2D eigenvalue weighted by Gasteiger charge is -2.05. The number of rotatable bonds is 4. The molecule has 106 valence electrons. The zero-order valence-electron chi connectivity index (χ0n) is 11.3. The predicted molar refractivity (Wildman–Crippen MR) is 81.3 cm³/mol. The van der Waals surface area contributed by atoms with Crippen LogP contribution in [0.5, 0.6) is 0 Å². The summed E-state index contributed by atoms with van der Waals surface area (Å²) in [5, 5.41) is 18.9. The van der Waals surface area contributed by atoms with E-state index >= 15 is 0 Å². The molecule has 0 amide bonds. The molecule has 2 aromatic carbocycles. The number of nitrogens with zero attached hydrogens (tertiary/aromatic N) is 3. The molecule has 22 heavy (non-hydrogen) atoms. The SMILES string of the molecule is N#Cc1ccc(SOOn2ccc3ccccc32)cc1C#N. The second-order valence-electron chi connectivity index (χ2n) is 4.36. The quantitative estimate of drug-likeness (QED) is 0.419. The molecule has 0 aliphatic heterocycles. The van der Waals surface area contributed by atoms with Gasteiger partial charge in [0.15, 0.2) is 0 Å². The Labute approximate surface area is 131 Å². The van der Waals surface area contributed by atoms with Crippen molar-refractivity contribution in [2.75, 3.05) is 0 Å². The first kappa shape index (κ1) is 14.0. The van der Waals surface area contributed by atoms with E-state index in [4.69, 9.17) is 19.8 Å². The first-order valence-electron chi connectivity index (χ1n) is 6.34. The van der Waals surface area contributed by atoms with Crippen molar-refractivity contribution < 1.29 is 9.32 Å². The number of benzene rings is 2. The van der Waals surface area contributed by atoms with Gasteiger partial charge >= 0.3 is 0 Å². The van der Waals surface area contributed by atoms with Crippen LogP contribution in [0.4, 0.5) is 0 Å². The minimum atomic E-state index is 0.308. The smallest absolute Gasteiger partial charge is 0.101 e. The monoisotopic (exact) mass is 307 g/mol. The maximum Gasteiger partial charge on any atom is 0.101 e. The first-order valence-corrected chi connectivity index (χ1v) is 7.08. The number of nitriles is 2. The Bertz CT molecular complexity index is 906. The second kappa shape index (κ2) is 6.23. The highest BCUT2D eigenvalue weighted by Crippen LogP contribution is 2.22. The van der Waals surface area contributed by atoms with Gasteiger partial charge in [-0.25, -0.2) is 4.99 Å². The van der Waals surface area contributed by atoms with Gasteiger partial charge in [0, 0.05) is 16.5 Å². The van der Waals surface area contributed by atoms with E-state index in [0.717, 1.165) is 22.9 Å². The molecule has 0 fully saturated rings. The maximum absolute atomic E-state index is 8.98. The van der Waals surface area contributed by atoms with Gasteiger partial charge in [0.25, 0.3) is 0 Å².